The van der Waals surface area contributed by atoms with E-state index in [1.54, 1.807) is 7.11 Å². The van der Waals surface area contributed by atoms with Crippen molar-refractivity contribution in [3.8, 4) is 5.75 Å². The normalized spacial score (nSPS) is 29.3. The van der Waals surface area contributed by atoms with Crippen molar-refractivity contribution in [3.63, 3.8) is 0 Å². The fourth-order valence-electron chi connectivity index (χ4n) is 3.50. The van der Waals surface area contributed by atoms with Gasteiger partial charge in [-0.2, -0.15) is 0 Å². The minimum atomic E-state index is 0.176. The molecule has 3 heteroatoms. The Kier molecular flexibility index (Phi) is 3.74. The van der Waals surface area contributed by atoms with Crippen molar-refractivity contribution in [2.45, 2.75) is 51.2 Å². The molecule has 2 aliphatic rings. The van der Waals surface area contributed by atoms with Crippen LogP contribution in [0.4, 0.5) is 0 Å². The second kappa shape index (κ2) is 5.29. The van der Waals surface area contributed by atoms with Gasteiger partial charge in [0.25, 0.3) is 0 Å². The first kappa shape index (κ1) is 14.9. The zero-order valence-electron chi connectivity index (χ0n) is 13.8. The van der Waals surface area contributed by atoms with E-state index in [0.29, 0.717) is 0 Å². The molecule has 1 N–H and O–H groups in total. The highest BCUT2D eigenvalue weighted by molar-refractivity contribution is 5.33. The smallest absolute Gasteiger partial charge is 0.123 e. The van der Waals surface area contributed by atoms with Crippen LogP contribution in [0.25, 0.3) is 0 Å². The van der Waals surface area contributed by atoms with Crippen LogP contribution in [0.2, 0.25) is 0 Å². The first-order valence-electron chi connectivity index (χ1n) is 8.07. The Morgan fingerprint density at radius 2 is 1.95 bits per heavy atom. The Morgan fingerprint density at radius 3 is 2.62 bits per heavy atom. The minimum absolute atomic E-state index is 0.176. The van der Waals surface area contributed by atoms with E-state index < -0.39 is 0 Å². The van der Waals surface area contributed by atoms with Crippen LogP contribution in [0.1, 0.15) is 39.2 Å². The molecule has 1 heterocycles. The lowest BCUT2D eigenvalue weighted by Crippen LogP contribution is -2.67. The van der Waals surface area contributed by atoms with Gasteiger partial charge in [-0.3, -0.25) is 4.90 Å². The second-order valence-electron chi connectivity index (χ2n) is 7.53. The first-order valence-corrected chi connectivity index (χ1v) is 8.07. The van der Waals surface area contributed by atoms with Gasteiger partial charge in [0, 0.05) is 36.3 Å². The summed E-state index contributed by atoms with van der Waals surface area (Å²) in [5, 5.41) is 3.82. The fourth-order valence-corrected chi connectivity index (χ4v) is 3.50. The van der Waals surface area contributed by atoms with E-state index in [0.717, 1.165) is 31.3 Å². The highest BCUT2D eigenvalue weighted by Crippen LogP contribution is 2.43. The quantitative estimate of drug-likeness (QED) is 0.921. The largest absolute Gasteiger partial charge is 0.496 e. The summed E-state index contributed by atoms with van der Waals surface area (Å²) in [5.41, 5.74) is 1.74. The van der Waals surface area contributed by atoms with E-state index >= 15 is 0 Å². The maximum absolute atomic E-state index is 5.52. The summed E-state index contributed by atoms with van der Waals surface area (Å²) >= 11 is 0. The number of nitrogens with zero attached hydrogens (tertiary/aromatic N) is 1. The van der Waals surface area contributed by atoms with Crippen LogP contribution in [0.5, 0.6) is 5.75 Å². The Labute approximate surface area is 128 Å². The molecule has 0 spiro atoms. The number of para-hydroxylation sites is 1. The van der Waals surface area contributed by atoms with Crippen LogP contribution < -0.4 is 10.1 Å². The number of rotatable bonds is 4. The van der Waals surface area contributed by atoms with Crippen LogP contribution >= 0.6 is 0 Å². The van der Waals surface area contributed by atoms with Gasteiger partial charge >= 0.3 is 0 Å². The van der Waals surface area contributed by atoms with Crippen LogP contribution in [-0.2, 0) is 6.54 Å². The standard InChI is InChI=1S/C18H28N2O/c1-17(2)12-19-18(3,15-9-10-15)13-20(17)11-14-7-5-6-8-16(14)21-4/h5-8,15,19H,9-13H2,1-4H3. The summed E-state index contributed by atoms with van der Waals surface area (Å²) in [4.78, 5) is 2.62. The monoisotopic (exact) mass is 288 g/mol. The molecule has 0 amide bonds. The van der Waals surface area contributed by atoms with Gasteiger partial charge < -0.3 is 10.1 Å². The van der Waals surface area contributed by atoms with E-state index in [-0.39, 0.29) is 11.1 Å². The summed E-state index contributed by atoms with van der Waals surface area (Å²) in [5.74, 6) is 1.86. The summed E-state index contributed by atoms with van der Waals surface area (Å²) in [6.07, 6.45) is 2.76. The summed E-state index contributed by atoms with van der Waals surface area (Å²) in [6, 6.07) is 8.39. The molecule has 116 valence electrons. The molecule has 1 aromatic rings. The Bertz CT molecular complexity index is 510. The molecule has 1 aliphatic carbocycles. The maximum Gasteiger partial charge on any atom is 0.123 e. The molecule has 1 aliphatic heterocycles. The van der Waals surface area contributed by atoms with Crippen LogP contribution in [0.3, 0.4) is 0 Å². The van der Waals surface area contributed by atoms with Crippen molar-refractivity contribution in [2.24, 2.45) is 5.92 Å². The molecule has 1 unspecified atom stereocenters. The molecule has 2 fully saturated rings. The topological polar surface area (TPSA) is 24.5 Å². The van der Waals surface area contributed by atoms with Gasteiger partial charge in [-0.1, -0.05) is 18.2 Å². The SMILES string of the molecule is COc1ccccc1CN1CC(C)(C2CC2)NCC1(C)C. The lowest BCUT2D eigenvalue weighted by molar-refractivity contribution is 0.0173. The molecular formula is C18H28N2O. The Morgan fingerprint density at radius 1 is 1.24 bits per heavy atom. The molecule has 1 aromatic carbocycles. The van der Waals surface area contributed by atoms with E-state index in [1.807, 2.05) is 6.07 Å². The van der Waals surface area contributed by atoms with E-state index in [4.69, 9.17) is 4.74 Å². The van der Waals surface area contributed by atoms with Gasteiger partial charge in [0.05, 0.1) is 7.11 Å². The molecule has 0 bridgehead atoms. The summed E-state index contributed by atoms with van der Waals surface area (Å²) < 4.78 is 5.52. The second-order valence-corrected chi connectivity index (χ2v) is 7.53. The Balaban J connectivity index is 1.80. The van der Waals surface area contributed by atoms with Gasteiger partial charge in [-0.05, 0) is 45.6 Å². The minimum Gasteiger partial charge on any atom is -0.496 e. The first-order chi connectivity index (χ1) is 9.94. The van der Waals surface area contributed by atoms with Crippen LogP contribution in [-0.4, -0.2) is 36.2 Å². The van der Waals surface area contributed by atoms with Crippen LogP contribution in [0.15, 0.2) is 24.3 Å². The van der Waals surface area contributed by atoms with Crippen molar-refractivity contribution in [2.75, 3.05) is 20.2 Å². The predicted molar refractivity (Wildman–Crippen MR) is 86.6 cm³/mol. The van der Waals surface area contributed by atoms with E-state index in [1.165, 1.54) is 18.4 Å². The number of hydrogen-bond donors (Lipinski definition) is 1. The van der Waals surface area contributed by atoms with Crippen LogP contribution in [0, 0.1) is 5.92 Å². The number of hydrogen-bond acceptors (Lipinski definition) is 3. The lowest BCUT2D eigenvalue weighted by atomic mass is 9.86. The molecular weight excluding hydrogens is 260 g/mol. The number of nitrogens with one attached hydrogen (secondary N) is 1. The summed E-state index contributed by atoms with van der Waals surface area (Å²) in [7, 11) is 1.76. The third-order valence-electron chi connectivity index (χ3n) is 5.33. The van der Waals surface area contributed by atoms with Gasteiger partial charge in [0.1, 0.15) is 5.75 Å². The number of benzene rings is 1. The van der Waals surface area contributed by atoms with Gasteiger partial charge in [0.15, 0.2) is 0 Å². The van der Waals surface area contributed by atoms with Crippen molar-refractivity contribution < 1.29 is 4.74 Å². The van der Waals surface area contributed by atoms with Crippen molar-refractivity contribution >= 4 is 0 Å². The van der Waals surface area contributed by atoms with Gasteiger partial charge in [-0.15, -0.1) is 0 Å². The summed E-state index contributed by atoms with van der Waals surface area (Å²) in [6.45, 7) is 10.2. The van der Waals surface area contributed by atoms with Crippen molar-refractivity contribution in [1.82, 2.24) is 10.2 Å². The lowest BCUT2D eigenvalue weighted by Gasteiger charge is -2.51. The molecule has 0 aromatic heterocycles. The predicted octanol–water partition coefficient (Wildman–Crippen LogP) is 3.05. The molecule has 1 saturated heterocycles. The Hall–Kier alpha value is -1.06. The maximum atomic E-state index is 5.52. The van der Waals surface area contributed by atoms with Crippen molar-refractivity contribution in [1.29, 1.82) is 0 Å². The average molecular weight is 288 g/mol. The van der Waals surface area contributed by atoms with Gasteiger partial charge in [-0.25, -0.2) is 0 Å². The molecule has 21 heavy (non-hydrogen) atoms. The number of ether oxygens (including phenoxy) is 1. The highest BCUT2D eigenvalue weighted by atomic mass is 16.5. The van der Waals surface area contributed by atoms with E-state index in [2.05, 4.69) is 49.2 Å². The molecule has 3 nitrogen and oxygen atoms in total. The van der Waals surface area contributed by atoms with Gasteiger partial charge in [0.2, 0.25) is 0 Å². The zero-order chi connectivity index (χ0) is 15.1. The number of methoxy groups -OCH3 is 1. The molecule has 0 radical (unpaired) electrons. The number of piperazine rings is 1. The highest BCUT2D eigenvalue weighted by Gasteiger charge is 2.48. The van der Waals surface area contributed by atoms with Crippen molar-refractivity contribution in [3.05, 3.63) is 29.8 Å². The molecule has 1 saturated carbocycles. The third-order valence-corrected chi connectivity index (χ3v) is 5.33. The fraction of sp³-hybridized carbons (Fsp3) is 0.667. The average Bonchev–Trinajstić information content (AvgIpc) is 3.29. The molecule has 1 atom stereocenters. The van der Waals surface area contributed by atoms with E-state index in [9.17, 15) is 0 Å². The third kappa shape index (κ3) is 2.95. The zero-order valence-corrected chi connectivity index (χ0v) is 13.8. The molecule has 3 rings (SSSR count).